The molecule has 198 valence electrons. The van der Waals surface area contributed by atoms with Crippen LogP contribution in [0.4, 0.5) is 14.5 Å². The molecule has 2 amide bonds. The molecule has 1 N–H and O–H groups in total. The molecule has 1 saturated carbocycles. The van der Waals surface area contributed by atoms with Crippen molar-refractivity contribution in [1.82, 2.24) is 14.9 Å². The highest BCUT2D eigenvalue weighted by atomic mass is 19.1. The van der Waals surface area contributed by atoms with Crippen LogP contribution in [-0.4, -0.2) is 33.4 Å². The Bertz CT molecular complexity index is 1370. The van der Waals surface area contributed by atoms with Crippen LogP contribution in [0.5, 0.6) is 0 Å². The van der Waals surface area contributed by atoms with Gasteiger partial charge in [-0.1, -0.05) is 56.2 Å². The van der Waals surface area contributed by atoms with Crippen LogP contribution in [0.25, 0.3) is 11.0 Å². The molecule has 6 nitrogen and oxygen atoms in total. The number of rotatable bonds is 9. The van der Waals surface area contributed by atoms with Crippen LogP contribution in [0.3, 0.4) is 0 Å². The van der Waals surface area contributed by atoms with Crippen LogP contribution < -0.4 is 10.2 Å². The van der Waals surface area contributed by atoms with E-state index in [4.69, 9.17) is 0 Å². The summed E-state index contributed by atoms with van der Waals surface area (Å²) < 4.78 is 31.4. The van der Waals surface area contributed by atoms with Crippen molar-refractivity contribution in [3.63, 3.8) is 0 Å². The molecule has 3 aromatic rings. The SMILES string of the molecule is C=C/C(F)=C(\C=C/C)C(C(=O)NC1CCCCC1)N(C(=O)Cn1cnc2ccccc21)c1cccc(F)c1. The maximum Gasteiger partial charge on any atom is 0.248 e. The third-order valence-electron chi connectivity index (χ3n) is 6.74. The Morgan fingerprint density at radius 2 is 1.95 bits per heavy atom. The highest BCUT2D eigenvalue weighted by Gasteiger charge is 2.36. The number of anilines is 1. The Labute approximate surface area is 221 Å². The van der Waals surface area contributed by atoms with E-state index in [1.165, 1.54) is 41.6 Å². The third-order valence-corrected chi connectivity index (χ3v) is 6.74. The van der Waals surface area contributed by atoms with Crippen molar-refractivity contribution in [2.24, 2.45) is 0 Å². The molecule has 1 aliphatic carbocycles. The molecule has 0 bridgehead atoms. The zero-order valence-corrected chi connectivity index (χ0v) is 21.4. The standard InChI is InChI=1S/C30H32F2N4O2/c1-3-11-24(25(32)4-2)29(30(38)34-22-13-6-5-7-14-22)36(23-15-10-12-21(31)18-23)28(37)19-35-20-33-26-16-8-9-17-27(26)35/h3-4,8-12,15-18,20,22,29H,2,5-7,13-14,19H2,1H3,(H,34,38)/b11-3-,25-24-. The van der Waals surface area contributed by atoms with Gasteiger partial charge in [-0.25, -0.2) is 13.8 Å². The molecule has 2 aromatic carbocycles. The van der Waals surface area contributed by atoms with Crippen LogP contribution in [0.15, 0.2) is 91.1 Å². The van der Waals surface area contributed by atoms with Crippen molar-refractivity contribution in [3.05, 3.63) is 96.9 Å². The first-order valence-corrected chi connectivity index (χ1v) is 12.9. The van der Waals surface area contributed by atoms with E-state index < -0.39 is 29.5 Å². The Morgan fingerprint density at radius 3 is 2.66 bits per heavy atom. The fourth-order valence-corrected chi connectivity index (χ4v) is 4.94. The second-order valence-corrected chi connectivity index (χ2v) is 9.36. The molecule has 0 saturated heterocycles. The summed E-state index contributed by atoms with van der Waals surface area (Å²) in [7, 11) is 0. The fraction of sp³-hybridized carbons (Fsp3) is 0.300. The zero-order chi connectivity index (χ0) is 27.1. The quantitative estimate of drug-likeness (QED) is 0.353. The van der Waals surface area contributed by atoms with Gasteiger partial charge in [-0.05, 0) is 56.2 Å². The number of para-hydroxylation sites is 2. The second-order valence-electron chi connectivity index (χ2n) is 9.36. The lowest BCUT2D eigenvalue weighted by Crippen LogP contribution is -2.54. The monoisotopic (exact) mass is 518 g/mol. The Hall–Kier alpha value is -4.07. The Morgan fingerprint density at radius 1 is 1.18 bits per heavy atom. The van der Waals surface area contributed by atoms with Crippen LogP contribution in [-0.2, 0) is 16.1 Å². The highest BCUT2D eigenvalue weighted by Crippen LogP contribution is 2.28. The summed E-state index contributed by atoms with van der Waals surface area (Å²) in [6.45, 7) is 5.03. The van der Waals surface area contributed by atoms with Crippen molar-refractivity contribution < 1.29 is 18.4 Å². The fourth-order valence-electron chi connectivity index (χ4n) is 4.94. The Balaban J connectivity index is 1.82. The minimum atomic E-state index is -1.39. The largest absolute Gasteiger partial charge is 0.351 e. The number of amides is 2. The number of nitrogens with one attached hydrogen (secondary N) is 1. The van der Waals surface area contributed by atoms with Crippen LogP contribution in [0.1, 0.15) is 39.0 Å². The molecule has 1 aromatic heterocycles. The number of fused-ring (bicyclic) bond motifs is 1. The normalized spacial score (nSPS) is 15.8. The number of nitrogens with zero attached hydrogens (tertiary/aromatic N) is 3. The zero-order valence-electron chi connectivity index (χ0n) is 21.4. The maximum atomic E-state index is 15.3. The molecule has 38 heavy (non-hydrogen) atoms. The van der Waals surface area contributed by atoms with E-state index >= 15 is 4.39 Å². The van der Waals surface area contributed by atoms with E-state index in [0.29, 0.717) is 5.52 Å². The van der Waals surface area contributed by atoms with Crippen molar-refractivity contribution in [3.8, 4) is 0 Å². The van der Waals surface area contributed by atoms with Crippen molar-refractivity contribution in [1.29, 1.82) is 0 Å². The molecule has 1 fully saturated rings. The van der Waals surface area contributed by atoms with Gasteiger partial charge in [0.1, 0.15) is 24.2 Å². The van der Waals surface area contributed by atoms with E-state index in [9.17, 15) is 14.0 Å². The Kier molecular flexibility index (Phi) is 8.84. The molecule has 4 rings (SSSR count). The summed E-state index contributed by atoms with van der Waals surface area (Å²) in [5.74, 6) is -2.38. The molecule has 1 atom stereocenters. The number of carbonyl (C=O) groups excluding carboxylic acids is 2. The van der Waals surface area contributed by atoms with Gasteiger partial charge in [0.05, 0.1) is 17.4 Å². The van der Waals surface area contributed by atoms with Crippen LogP contribution in [0, 0.1) is 5.82 Å². The van der Waals surface area contributed by atoms with Crippen molar-refractivity contribution in [2.45, 2.75) is 57.7 Å². The lowest BCUT2D eigenvalue weighted by Gasteiger charge is -2.34. The van der Waals surface area contributed by atoms with Gasteiger partial charge in [-0.15, -0.1) is 0 Å². The number of benzene rings is 2. The predicted molar refractivity (Wildman–Crippen MR) is 146 cm³/mol. The number of hydrogen-bond donors (Lipinski definition) is 1. The highest BCUT2D eigenvalue weighted by molar-refractivity contribution is 6.03. The van der Waals surface area contributed by atoms with Gasteiger partial charge < -0.3 is 9.88 Å². The van der Waals surface area contributed by atoms with Gasteiger partial charge in [-0.3, -0.25) is 14.5 Å². The summed E-state index contributed by atoms with van der Waals surface area (Å²) >= 11 is 0. The minimum absolute atomic E-state index is 0.0380. The van der Waals surface area contributed by atoms with E-state index in [-0.39, 0.29) is 23.8 Å². The van der Waals surface area contributed by atoms with Crippen LogP contribution >= 0.6 is 0 Å². The van der Waals surface area contributed by atoms with E-state index in [0.717, 1.165) is 43.7 Å². The van der Waals surface area contributed by atoms with Crippen LogP contribution in [0.2, 0.25) is 0 Å². The van der Waals surface area contributed by atoms with E-state index in [2.05, 4.69) is 16.9 Å². The molecule has 0 radical (unpaired) electrons. The first-order valence-electron chi connectivity index (χ1n) is 12.9. The van der Waals surface area contributed by atoms with Gasteiger partial charge in [0.25, 0.3) is 0 Å². The van der Waals surface area contributed by atoms with Gasteiger partial charge in [0, 0.05) is 17.3 Å². The maximum absolute atomic E-state index is 15.3. The molecular formula is C30H32F2N4O2. The van der Waals surface area contributed by atoms with Crippen molar-refractivity contribution >= 4 is 28.5 Å². The number of allylic oxidation sites excluding steroid dienone is 3. The number of aromatic nitrogens is 2. The number of halogens is 2. The minimum Gasteiger partial charge on any atom is -0.351 e. The third kappa shape index (κ3) is 6.07. The number of imidazole rings is 1. The predicted octanol–water partition coefficient (Wildman–Crippen LogP) is 6.01. The molecular weight excluding hydrogens is 486 g/mol. The van der Waals surface area contributed by atoms with Gasteiger partial charge in [-0.2, -0.15) is 0 Å². The smallest absolute Gasteiger partial charge is 0.248 e. The molecule has 0 spiro atoms. The first-order chi connectivity index (χ1) is 18.4. The molecule has 1 aliphatic rings. The van der Waals surface area contributed by atoms with E-state index in [1.807, 2.05) is 24.3 Å². The van der Waals surface area contributed by atoms with Gasteiger partial charge in [0.2, 0.25) is 11.8 Å². The molecule has 0 aliphatic heterocycles. The molecule has 8 heteroatoms. The average Bonchev–Trinajstić information content (AvgIpc) is 3.33. The van der Waals surface area contributed by atoms with Gasteiger partial charge >= 0.3 is 0 Å². The summed E-state index contributed by atoms with van der Waals surface area (Å²) in [5.41, 5.74) is 1.53. The topological polar surface area (TPSA) is 67.2 Å². The first kappa shape index (κ1) is 27.0. The lowest BCUT2D eigenvalue weighted by molar-refractivity contribution is -0.126. The molecule has 1 unspecified atom stereocenters. The average molecular weight is 519 g/mol. The number of carbonyl (C=O) groups is 2. The second kappa shape index (κ2) is 12.4. The molecule has 1 heterocycles. The summed E-state index contributed by atoms with van der Waals surface area (Å²) in [5, 5.41) is 3.03. The lowest BCUT2D eigenvalue weighted by atomic mass is 9.94. The van der Waals surface area contributed by atoms with Crippen molar-refractivity contribution in [2.75, 3.05) is 4.90 Å². The van der Waals surface area contributed by atoms with Gasteiger partial charge in [0.15, 0.2) is 0 Å². The number of hydrogen-bond acceptors (Lipinski definition) is 3. The summed E-state index contributed by atoms with van der Waals surface area (Å²) in [6, 6.07) is 11.3. The summed E-state index contributed by atoms with van der Waals surface area (Å²) in [6.07, 6.45) is 10.3. The van der Waals surface area contributed by atoms with E-state index in [1.54, 1.807) is 17.6 Å². The summed E-state index contributed by atoms with van der Waals surface area (Å²) in [4.78, 5) is 33.4.